The Bertz CT molecular complexity index is 1080. The topological polar surface area (TPSA) is 199 Å². The second kappa shape index (κ2) is 14.9. The maximum absolute atomic E-state index is 10.7. The van der Waals surface area contributed by atoms with Gasteiger partial charge in [0.05, 0.1) is 25.9 Å². The van der Waals surface area contributed by atoms with E-state index >= 15 is 0 Å². The van der Waals surface area contributed by atoms with Crippen molar-refractivity contribution in [1.29, 1.82) is 0 Å². The van der Waals surface area contributed by atoms with E-state index in [0.29, 0.717) is 19.3 Å². The number of rotatable bonds is 14. The van der Waals surface area contributed by atoms with Crippen molar-refractivity contribution in [1.82, 2.24) is 0 Å². The van der Waals surface area contributed by atoms with Crippen LogP contribution in [-0.2, 0) is 31.8 Å². The summed E-state index contributed by atoms with van der Waals surface area (Å²) in [6.07, 6.45) is -6.13. The molecule has 0 aromatic heterocycles. The van der Waals surface area contributed by atoms with Gasteiger partial charge in [-0.2, -0.15) is 0 Å². The van der Waals surface area contributed by atoms with E-state index in [9.17, 15) is 40.9 Å². The van der Waals surface area contributed by atoms with E-state index in [0.717, 1.165) is 30.4 Å². The molecule has 42 heavy (non-hydrogen) atoms. The van der Waals surface area contributed by atoms with Crippen molar-refractivity contribution in [3.8, 4) is 11.5 Å². The van der Waals surface area contributed by atoms with Gasteiger partial charge in [0.15, 0.2) is 12.6 Å². The molecule has 2 aromatic rings. The van der Waals surface area contributed by atoms with Crippen LogP contribution in [0.25, 0.3) is 0 Å². The Morgan fingerprint density at radius 2 is 1.40 bits per heavy atom. The summed E-state index contributed by atoms with van der Waals surface area (Å²) < 4.78 is 22.7. The van der Waals surface area contributed by atoms with Gasteiger partial charge in [-0.15, -0.1) is 0 Å². The van der Waals surface area contributed by atoms with E-state index in [2.05, 4.69) is 0 Å². The normalized spacial score (nSPS) is 32.2. The van der Waals surface area contributed by atoms with Gasteiger partial charge in [0, 0.05) is 0 Å². The van der Waals surface area contributed by atoms with Crippen LogP contribution in [0.2, 0.25) is 0 Å². The van der Waals surface area contributed by atoms with Gasteiger partial charge in [0.25, 0.3) is 0 Å². The van der Waals surface area contributed by atoms with E-state index in [4.69, 9.17) is 18.9 Å². The molecule has 2 fully saturated rings. The Balaban J connectivity index is 1.36. The molecule has 4 rings (SSSR count). The summed E-state index contributed by atoms with van der Waals surface area (Å²) in [5.41, 5.74) is 0.190. The summed E-state index contributed by atoms with van der Waals surface area (Å²) in [5.74, 6) is 0.374. The number of aromatic hydroxyl groups is 2. The quantitative estimate of drug-likeness (QED) is 0.137. The number of phenolic OH excluding ortho intramolecular Hbond substituents is 2. The lowest BCUT2D eigenvalue weighted by Gasteiger charge is -2.41. The van der Waals surface area contributed by atoms with E-state index in [-0.39, 0.29) is 30.8 Å². The van der Waals surface area contributed by atoms with Crippen molar-refractivity contribution in [3.05, 3.63) is 59.7 Å². The summed E-state index contributed by atoms with van der Waals surface area (Å²) in [6.45, 7) is -1.46. The second-order valence-corrected chi connectivity index (χ2v) is 11.1. The van der Waals surface area contributed by atoms with Crippen LogP contribution in [-0.4, -0.2) is 115 Å². The maximum Gasteiger partial charge on any atom is 0.186 e. The average Bonchev–Trinajstić information content (AvgIpc) is 3.28. The molecule has 0 aliphatic carbocycles. The van der Waals surface area contributed by atoms with Crippen LogP contribution < -0.4 is 0 Å². The van der Waals surface area contributed by atoms with Crippen molar-refractivity contribution in [2.45, 2.75) is 93.3 Å². The van der Waals surface area contributed by atoms with Crippen LogP contribution in [0.1, 0.15) is 36.8 Å². The minimum Gasteiger partial charge on any atom is -0.508 e. The van der Waals surface area contributed by atoms with Crippen LogP contribution in [0.3, 0.4) is 0 Å². The number of phenols is 2. The van der Waals surface area contributed by atoms with Gasteiger partial charge >= 0.3 is 0 Å². The zero-order chi connectivity index (χ0) is 30.3. The van der Waals surface area contributed by atoms with Gasteiger partial charge < -0.3 is 59.8 Å². The first-order valence-corrected chi connectivity index (χ1v) is 14.2. The largest absolute Gasteiger partial charge is 0.508 e. The first kappa shape index (κ1) is 32.6. The SMILES string of the molecule is OC[C@@]1(O)CO[C@@H](OC[C@H]2O[C@H](O[C@@H](CCCCc3ccc(O)cc3)CCc3ccc(O)cc3)[C@H](O)[C@@H](O)[C@@H]2O)[C@@H]1O. The number of aliphatic hydroxyl groups is 6. The summed E-state index contributed by atoms with van der Waals surface area (Å²) >= 11 is 0. The van der Waals surface area contributed by atoms with Crippen LogP contribution in [0.5, 0.6) is 11.5 Å². The summed E-state index contributed by atoms with van der Waals surface area (Å²) in [5, 5.41) is 80.5. The molecule has 0 unspecified atom stereocenters. The minimum atomic E-state index is -1.88. The van der Waals surface area contributed by atoms with Gasteiger partial charge in [-0.05, 0) is 67.5 Å². The highest BCUT2D eigenvalue weighted by Crippen LogP contribution is 2.29. The third-order valence-electron chi connectivity index (χ3n) is 7.87. The van der Waals surface area contributed by atoms with Gasteiger partial charge in [-0.25, -0.2) is 0 Å². The lowest BCUT2D eigenvalue weighted by Crippen LogP contribution is -2.60. The van der Waals surface area contributed by atoms with Crippen LogP contribution in [0.4, 0.5) is 0 Å². The first-order valence-electron chi connectivity index (χ1n) is 14.2. The fourth-order valence-corrected chi connectivity index (χ4v) is 5.12. The standard InChI is InChI=1S/C30H42O12/c31-16-30(38)17-40-29(27(30)37)39-15-23-24(34)25(35)26(36)28(42-23)41-22(14-9-19-7-12-21(33)13-8-19)4-2-1-3-18-5-10-20(32)11-6-18/h5-8,10-13,22-29,31-38H,1-4,9,14-17H2/t22-,23+,24+,25-,26+,27-,28-,29+,30+/m0/s1. The molecule has 0 bridgehead atoms. The predicted octanol–water partition coefficient (Wildman–Crippen LogP) is 0.0934. The molecule has 2 aromatic carbocycles. The Morgan fingerprint density at radius 1 is 0.786 bits per heavy atom. The lowest BCUT2D eigenvalue weighted by molar-refractivity contribution is -0.319. The van der Waals surface area contributed by atoms with Crippen LogP contribution in [0, 0.1) is 0 Å². The molecule has 0 amide bonds. The Hall–Kier alpha value is -2.36. The number of benzene rings is 2. The smallest absolute Gasteiger partial charge is 0.186 e. The second-order valence-electron chi connectivity index (χ2n) is 11.1. The van der Waals surface area contributed by atoms with Gasteiger partial charge in [-0.3, -0.25) is 0 Å². The van der Waals surface area contributed by atoms with E-state index in [1.54, 1.807) is 24.3 Å². The van der Waals surface area contributed by atoms with Gasteiger partial charge in [0.2, 0.25) is 0 Å². The third-order valence-corrected chi connectivity index (χ3v) is 7.87. The zero-order valence-corrected chi connectivity index (χ0v) is 23.3. The molecule has 12 nitrogen and oxygen atoms in total. The van der Waals surface area contributed by atoms with E-state index in [1.165, 1.54) is 0 Å². The molecule has 12 heteroatoms. The molecule has 0 spiro atoms. The number of ether oxygens (including phenoxy) is 4. The number of aliphatic hydroxyl groups excluding tert-OH is 5. The summed E-state index contributed by atoms with van der Waals surface area (Å²) in [4.78, 5) is 0. The molecule has 0 saturated carbocycles. The monoisotopic (exact) mass is 594 g/mol. The fraction of sp³-hybridized carbons (Fsp3) is 0.600. The molecule has 9 atom stereocenters. The molecule has 2 aliphatic rings. The minimum absolute atomic E-state index is 0.164. The van der Waals surface area contributed by atoms with Crippen molar-refractivity contribution < 1.29 is 59.8 Å². The molecule has 2 heterocycles. The zero-order valence-electron chi connectivity index (χ0n) is 23.3. The van der Waals surface area contributed by atoms with Crippen LogP contribution in [0.15, 0.2) is 48.5 Å². The number of unbranched alkanes of at least 4 members (excludes halogenated alkanes) is 1. The highest BCUT2D eigenvalue weighted by atomic mass is 16.7. The lowest BCUT2D eigenvalue weighted by atomic mass is 9.98. The average molecular weight is 595 g/mol. The van der Waals surface area contributed by atoms with Crippen molar-refractivity contribution in [3.63, 3.8) is 0 Å². The number of hydrogen-bond donors (Lipinski definition) is 8. The van der Waals surface area contributed by atoms with Crippen molar-refractivity contribution in [2.75, 3.05) is 19.8 Å². The van der Waals surface area contributed by atoms with Gasteiger partial charge in [-0.1, -0.05) is 30.7 Å². The van der Waals surface area contributed by atoms with Crippen molar-refractivity contribution >= 4 is 0 Å². The summed E-state index contributed by atoms with van der Waals surface area (Å²) in [6, 6.07) is 13.9. The molecule has 0 radical (unpaired) electrons. The van der Waals surface area contributed by atoms with E-state index in [1.807, 2.05) is 24.3 Å². The Morgan fingerprint density at radius 3 is 2.00 bits per heavy atom. The molecule has 2 saturated heterocycles. The van der Waals surface area contributed by atoms with Gasteiger partial charge in [0.1, 0.15) is 47.6 Å². The molecular weight excluding hydrogens is 552 g/mol. The number of hydrogen-bond acceptors (Lipinski definition) is 12. The summed E-state index contributed by atoms with van der Waals surface area (Å²) in [7, 11) is 0. The highest BCUT2D eigenvalue weighted by Gasteiger charge is 2.50. The fourth-order valence-electron chi connectivity index (χ4n) is 5.12. The molecule has 234 valence electrons. The predicted molar refractivity (Wildman–Crippen MR) is 147 cm³/mol. The van der Waals surface area contributed by atoms with E-state index < -0.39 is 55.3 Å². The van der Waals surface area contributed by atoms with Crippen molar-refractivity contribution in [2.24, 2.45) is 0 Å². The number of aryl methyl sites for hydroxylation is 2. The highest BCUT2D eigenvalue weighted by molar-refractivity contribution is 5.26. The Labute approximate surface area is 244 Å². The molecular formula is C30H42O12. The Kier molecular flexibility index (Phi) is 11.5. The third kappa shape index (κ3) is 8.38. The van der Waals surface area contributed by atoms with Crippen LogP contribution >= 0.6 is 0 Å². The molecule has 8 N–H and O–H groups in total. The first-order chi connectivity index (χ1) is 20.1. The molecule has 2 aliphatic heterocycles. The maximum atomic E-state index is 10.7.